The van der Waals surface area contributed by atoms with Gasteiger partial charge in [-0.2, -0.15) is 11.3 Å². The molecule has 19 heavy (non-hydrogen) atoms. The molecule has 2 nitrogen and oxygen atoms in total. The highest BCUT2D eigenvalue weighted by atomic mass is 32.1. The van der Waals surface area contributed by atoms with Gasteiger partial charge in [0.1, 0.15) is 0 Å². The van der Waals surface area contributed by atoms with Crippen molar-refractivity contribution in [3.05, 3.63) is 43.8 Å². The van der Waals surface area contributed by atoms with Crippen LogP contribution in [0.4, 0.5) is 0 Å². The maximum atomic E-state index is 3.39. The third-order valence-corrected chi connectivity index (χ3v) is 4.92. The summed E-state index contributed by atoms with van der Waals surface area (Å²) in [6.07, 6.45) is 0. The first kappa shape index (κ1) is 14.7. The lowest BCUT2D eigenvalue weighted by atomic mass is 10.2. The summed E-state index contributed by atoms with van der Waals surface area (Å²) in [5.74, 6) is 0. The van der Waals surface area contributed by atoms with Gasteiger partial charge in [0.25, 0.3) is 0 Å². The molecule has 0 saturated carbocycles. The van der Waals surface area contributed by atoms with Crippen molar-refractivity contribution in [1.82, 2.24) is 10.2 Å². The number of thiophene rings is 2. The van der Waals surface area contributed by atoms with E-state index in [2.05, 4.69) is 54.0 Å². The van der Waals surface area contributed by atoms with Crippen LogP contribution in [0.2, 0.25) is 0 Å². The topological polar surface area (TPSA) is 15.3 Å². The molecule has 1 N–H and O–H groups in total. The Hall–Kier alpha value is -0.680. The Morgan fingerprint density at radius 2 is 2.16 bits per heavy atom. The van der Waals surface area contributed by atoms with Crippen molar-refractivity contribution in [1.29, 1.82) is 0 Å². The highest BCUT2D eigenvalue weighted by Gasteiger charge is 2.08. The lowest BCUT2D eigenvalue weighted by Crippen LogP contribution is -2.17. The van der Waals surface area contributed by atoms with Crippen molar-refractivity contribution < 1.29 is 0 Å². The Balaban J connectivity index is 1.92. The molecule has 0 aliphatic carbocycles. The third-order valence-electron chi connectivity index (χ3n) is 3.09. The Morgan fingerprint density at radius 1 is 1.32 bits per heavy atom. The first-order chi connectivity index (χ1) is 9.19. The quantitative estimate of drug-likeness (QED) is 0.834. The molecular weight excluding hydrogens is 272 g/mol. The zero-order valence-corrected chi connectivity index (χ0v) is 13.5. The van der Waals surface area contributed by atoms with Crippen molar-refractivity contribution in [3.63, 3.8) is 0 Å². The SMILES string of the molecule is CCNCc1cc(CN(C)Cc2ccsc2)c(C)s1. The Morgan fingerprint density at radius 3 is 2.84 bits per heavy atom. The van der Waals surface area contributed by atoms with Crippen molar-refractivity contribution in [3.8, 4) is 0 Å². The van der Waals surface area contributed by atoms with Crippen LogP contribution in [0.1, 0.15) is 27.8 Å². The Kier molecular flexibility index (Phi) is 5.58. The van der Waals surface area contributed by atoms with E-state index in [9.17, 15) is 0 Å². The number of rotatable bonds is 7. The molecule has 0 radical (unpaired) electrons. The molecule has 2 aromatic heterocycles. The van der Waals surface area contributed by atoms with Crippen LogP contribution in [0.25, 0.3) is 0 Å². The predicted octanol–water partition coefficient (Wildman–Crippen LogP) is 3.86. The summed E-state index contributed by atoms with van der Waals surface area (Å²) in [4.78, 5) is 5.28. The van der Waals surface area contributed by atoms with Gasteiger partial charge in [-0.15, -0.1) is 11.3 Å². The average molecular weight is 294 g/mol. The number of aryl methyl sites for hydroxylation is 1. The van der Waals surface area contributed by atoms with Gasteiger partial charge in [0, 0.05) is 29.4 Å². The minimum absolute atomic E-state index is 0.996. The van der Waals surface area contributed by atoms with Gasteiger partial charge in [0.15, 0.2) is 0 Å². The monoisotopic (exact) mass is 294 g/mol. The second kappa shape index (κ2) is 7.20. The van der Waals surface area contributed by atoms with Gasteiger partial charge < -0.3 is 5.32 Å². The van der Waals surface area contributed by atoms with E-state index in [1.54, 1.807) is 11.3 Å². The van der Waals surface area contributed by atoms with E-state index >= 15 is 0 Å². The molecule has 0 aromatic carbocycles. The van der Waals surface area contributed by atoms with Gasteiger partial charge in [-0.05, 0) is 54.5 Å². The number of nitrogens with zero attached hydrogens (tertiary/aromatic N) is 1. The summed E-state index contributed by atoms with van der Waals surface area (Å²) in [7, 11) is 2.19. The Labute approximate surface area is 124 Å². The van der Waals surface area contributed by atoms with Crippen LogP contribution in [0, 0.1) is 6.92 Å². The molecule has 104 valence electrons. The van der Waals surface area contributed by atoms with E-state index in [0.29, 0.717) is 0 Å². The summed E-state index contributed by atoms with van der Waals surface area (Å²) < 4.78 is 0. The summed E-state index contributed by atoms with van der Waals surface area (Å²) in [5, 5.41) is 7.77. The second-order valence-corrected chi connectivity index (χ2v) is 7.00. The van der Waals surface area contributed by atoms with Crippen LogP contribution in [0.5, 0.6) is 0 Å². The van der Waals surface area contributed by atoms with Crippen molar-refractivity contribution >= 4 is 22.7 Å². The van der Waals surface area contributed by atoms with Gasteiger partial charge in [-0.25, -0.2) is 0 Å². The van der Waals surface area contributed by atoms with Gasteiger partial charge in [0.2, 0.25) is 0 Å². The summed E-state index contributed by atoms with van der Waals surface area (Å²) in [6.45, 7) is 8.47. The third kappa shape index (κ3) is 4.42. The van der Waals surface area contributed by atoms with Crippen molar-refractivity contribution in [2.45, 2.75) is 33.5 Å². The van der Waals surface area contributed by atoms with Crippen LogP contribution in [0.15, 0.2) is 22.9 Å². The molecule has 0 aliphatic heterocycles. The van der Waals surface area contributed by atoms with Gasteiger partial charge in [0.05, 0.1) is 0 Å². The van der Waals surface area contributed by atoms with E-state index in [1.165, 1.54) is 20.9 Å². The molecule has 0 atom stereocenters. The fraction of sp³-hybridized carbons (Fsp3) is 0.467. The largest absolute Gasteiger partial charge is 0.312 e. The van der Waals surface area contributed by atoms with Crippen molar-refractivity contribution in [2.24, 2.45) is 0 Å². The van der Waals surface area contributed by atoms with Crippen LogP contribution < -0.4 is 5.32 Å². The van der Waals surface area contributed by atoms with E-state index in [4.69, 9.17) is 0 Å². The van der Waals surface area contributed by atoms with Gasteiger partial charge in [-0.1, -0.05) is 6.92 Å². The van der Waals surface area contributed by atoms with Crippen molar-refractivity contribution in [2.75, 3.05) is 13.6 Å². The standard InChI is InChI=1S/C15H22N2S2/c1-4-16-8-15-7-14(12(2)19-15)10-17(3)9-13-5-6-18-11-13/h5-7,11,16H,4,8-10H2,1-3H3. The fourth-order valence-corrected chi connectivity index (χ4v) is 3.80. The molecule has 0 unspecified atom stereocenters. The highest BCUT2D eigenvalue weighted by Crippen LogP contribution is 2.23. The normalized spacial score (nSPS) is 11.4. The maximum Gasteiger partial charge on any atom is 0.0299 e. The first-order valence-corrected chi connectivity index (χ1v) is 8.43. The van der Waals surface area contributed by atoms with Gasteiger partial charge in [-0.3, -0.25) is 4.90 Å². The molecule has 2 rings (SSSR count). The lowest BCUT2D eigenvalue weighted by molar-refractivity contribution is 0.319. The second-order valence-electron chi connectivity index (χ2n) is 4.88. The predicted molar refractivity (Wildman–Crippen MR) is 85.9 cm³/mol. The molecule has 2 aromatic rings. The molecule has 0 aliphatic rings. The van der Waals surface area contributed by atoms with Crippen LogP contribution >= 0.6 is 22.7 Å². The minimum Gasteiger partial charge on any atom is -0.312 e. The molecule has 4 heteroatoms. The molecule has 0 fully saturated rings. The summed E-state index contributed by atoms with van der Waals surface area (Å²) in [6, 6.07) is 4.56. The van der Waals surface area contributed by atoms with E-state index in [1.807, 2.05) is 11.3 Å². The minimum atomic E-state index is 0.996. The fourth-order valence-electron chi connectivity index (χ4n) is 2.12. The molecule has 0 bridgehead atoms. The van der Waals surface area contributed by atoms with Crippen LogP contribution in [0.3, 0.4) is 0 Å². The molecule has 2 heterocycles. The highest BCUT2D eigenvalue weighted by molar-refractivity contribution is 7.12. The first-order valence-electron chi connectivity index (χ1n) is 6.67. The molecule has 0 spiro atoms. The smallest absolute Gasteiger partial charge is 0.0299 e. The van der Waals surface area contributed by atoms with Crippen LogP contribution in [-0.2, 0) is 19.6 Å². The van der Waals surface area contributed by atoms with E-state index in [-0.39, 0.29) is 0 Å². The average Bonchev–Trinajstić information content (AvgIpc) is 2.98. The lowest BCUT2D eigenvalue weighted by Gasteiger charge is -2.15. The van der Waals surface area contributed by atoms with E-state index < -0.39 is 0 Å². The summed E-state index contributed by atoms with van der Waals surface area (Å²) >= 11 is 3.69. The molecule has 0 saturated heterocycles. The molecule has 0 amide bonds. The Bertz CT molecular complexity index is 488. The van der Waals surface area contributed by atoms with Crippen LogP contribution in [-0.4, -0.2) is 18.5 Å². The van der Waals surface area contributed by atoms with E-state index in [0.717, 1.165) is 26.2 Å². The number of hydrogen-bond acceptors (Lipinski definition) is 4. The number of nitrogens with one attached hydrogen (secondary N) is 1. The zero-order chi connectivity index (χ0) is 13.7. The zero-order valence-electron chi connectivity index (χ0n) is 11.9. The maximum absolute atomic E-state index is 3.39. The van der Waals surface area contributed by atoms with Gasteiger partial charge >= 0.3 is 0 Å². The number of hydrogen-bond donors (Lipinski definition) is 1. The molecular formula is C15H22N2S2. The summed E-state index contributed by atoms with van der Waals surface area (Å²) in [5.41, 5.74) is 2.88.